The van der Waals surface area contributed by atoms with Gasteiger partial charge in [-0.05, 0) is 18.6 Å². The van der Waals surface area contributed by atoms with Crippen molar-refractivity contribution in [1.29, 1.82) is 0 Å². The lowest BCUT2D eigenvalue weighted by Crippen LogP contribution is -2.13. The van der Waals surface area contributed by atoms with Crippen LogP contribution < -0.4 is 5.32 Å². The van der Waals surface area contributed by atoms with E-state index in [4.69, 9.17) is 0 Å². The lowest BCUT2D eigenvalue weighted by Gasteiger charge is -2.08. The minimum atomic E-state index is -0.255. The second-order valence-corrected chi connectivity index (χ2v) is 8.10. The fraction of sp³-hybridized carbons (Fsp3) is 0.130. The molecule has 1 aliphatic rings. The largest absolute Gasteiger partial charge is 0.319 e. The van der Waals surface area contributed by atoms with Crippen molar-refractivity contribution in [3.63, 3.8) is 0 Å². The van der Waals surface area contributed by atoms with Crippen molar-refractivity contribution in [1.82, 2.24) is 14.8 Å². The molecule has 148 valence electrons. The van der Waals surface area contributed by atoms with Crippen LogP contribution in [0.3, 0.4) is 0 Å². The summed E-state index contributed by atoms with van der Waals surface area (Å²) in [7, 11) is 0. The zero-order valence-corrected chi connectivity index (χ0v) is 17.1. The number of thiazole rings is 1. The number of amides is 1. The number of aromatic nitrogens is 3. The van der Waals surface area contributed by atoms with Gasteiger partial charge in [0, 0.05) is 46.3 Å². The molecule has 0 radical (unpaired) electrons. The van der Waals surface area contributed by atoms with E-state index in [1.165, 1.54) is 4.88 Å². The topological polar surface area (TPSA) is 76.9 Å². The van der Waals surface area contributed by atoms with E-state index in [9.17, 15) is 9.59 Å². The highest BCUT2D eigenvalue weighted by Crippen LogP contribution is 2.38. The summed E-state index contributed by atoms with van der Waals surface area (Å²) in [5.41, 5.74) is 6.71. The van der Waals surface area contributed by atoms with Crippen molar-refractivity contribution in [3.05, 3.63) is 87.6 Å². The quantitative estimate of drug-likeness (QED) is 0.464. The summed E-state index contributed by atoms with van der Waals surface area (Å²) >= 11 is 1.64. The number of rotatable bonds is 5. The van der Waals surface area contributed by atoms with Crippen LogP contribution in [0.25, 0.3) is 11.1 Å². The molecule has 0 atom stereocenters. The van der Waals surface area contributed by atoms with Crippen LogP contribution in [0.15, 0.2) is 60.4 Å². The summed E-state index contributed by atoms with van der Waals surface area (Å²) < 4.78 is 1.81. The first-order valence-electron chi connectivity index (χ1n) is 9.61. The normalized spacial score (nSPS) is 12.0. The minimum Gasteiger partial charge on any atom is -0.319 e. The third-order valence-corrected chi connectivity index (χ3v) is 6.29. The van der Waals surface area contributed by atoms with Gasteiger partial charge in [0.2, 0.25) is 0 Å². The molecular formula is C23H18N4O2S. The smallest absolute Gasteiger partial charge is 0.256 e. The molecule has 0 bridgehead atoms. The van der Waals surface area contributed by atoms with Crippen molar-refractivity contribution in [2.75, 3.05) is 5.32 Å². The number of carbonyl (C=O) groups excluding carboxylic acids is 2. The Bertz CT molecular complexity index is 1290. The van der Waals surface area contributed by atoms with Gasteiger partial charge in [0.25, 0.3) is 5.91 Å². The standard InChI is InChI=1S/C23H18N4O2S/c1-14-20(30-13-24-14)9-10-27-12-15(11-25-27)26-23(29)19-8-4-7-18-21(19)16-5-2-3-6-17(16)22(18)28/h2-8,11-13H,9-10H2,1H3,(H,26,29). The first-order chi connectivity index (χ1) is 14.6. The number of nitrogens with one attached hydrogen (secondary N) is 1. The van der Waals surface area contributed by atoms with E-state index in [0.29, 0.717) is 34.5 Å². The van der Waals surface area contributed by atoms with E-state index in [2.05, 4.69) is 15.4 Å². The zero-order chi connectivity index (χ0) is 20.7. The number of benzene rings is 2. The minimum absolute atomic E-state index is 0.0403. The molecule has 4 aromatic rings. The average molecular weight is 414 g/mol. The summed E-state index contributed by atoms with van der Waals surface area (Å²) in [4.78, 5) is 31.2. The second kappa shape index (κ2) is 7.35. The van der Waals surface area contributed by atoms with Gasteiger partial charge in [-0.15, -0.1) is 11.3 Å². The molecule has 1 aliphatic carbocycles. The molecule has 6 nitrogen and oxygen atoms in total. The Kier molecular flexibility index (Phi) is 4.52. The molecule has 7 heteroatoms. The highest BCUT2D eigenvalue weighted by atomic mass is 32.1. The summed E-state index contributed by atoms with van der Waals surface area (Å²) in [6, 6.07) is 12.7. The molecular weight excluding hydrogens is 396 g/mol. The molecule has 1 N–H and O–H groups in total. The number of nitrogens with zero attached hydrogens (tertiary/aromatic N) is 3. The van der Waals surface area contributed by atoms with Gasteiger partial charge in [-0.1, -0.05) is 36.4 Å². The Labute approximate surface area is 177 Å². The first-order valence-corrected chi connectivity index (χ1v) is 10.5. The van der Waals surface area contributed by atoms with Gasteiger partial charge in [0.05, 0.1) is 23.1 Å². The van der Waals surface area contributed by atoms with Crippen LogP contribution in [-0.4, -0.2) is 26.5 Å². The second-order valence-electron chi connectivity index (χ2n) is 7.16. The Balaban J connectivity index is 1.36. The van der Waals surface area contributed by atoms with Crippen LogP contribution in [0.2, 0.25) is 0 Å². The summed E-state index contributed by atoms with van der Waals surface area (Å²) in [5.74, 6) is -0.296. The van der Waals surface area contributed by atoms with Crippen molar-refractivity contribution < 1.29 is 9.59 Å². The molecule has 0 saturated carbocycles. The van der Waals surface area contributed by atoms with Gasteiger partial charge >= 0.3 is 0 Å². The Hall–Kier alpha value is -3.58. The van der Waals surface area contributed by atoms with E-state index in [1.807, 2.05) is 41.5 Å². The Morgan fingerprint density at radius 3 is 2.70 bits per heavy atom. The first kappa shape index (κ1) is 18.4. The third kappa shape index (κ3) is 3.13. The number of carbonyl (C=O) groups is 2. The molecule has 30 heavy (non-hydrogen) atoms. The fourth-order valence-corrected chi connectivity index (χ4v) is 4.57. The van der Waals surface area contributed by atoms with Gasteiger partial charge in [0.15, 0.2) is 5.78 Å². The number of ketones is 1. The maximum Gasteiger partial charge on any atom is 0.256 e. The predicted molar refractivity (Wildman–Crippen MR) is 116 cm³/mol. The third-order valence-electron chi connectivity index (χ3n) is 5.30. The van der Waals surface area contributed by atoms with Crippen LogP contribution in [0.1, 0.15) is 36.9 Å². The maximum atomic E-state index is 13.0. The summed E-state index contributed by atoms with van der Waals surface area (Å²) in [6.07, 6.45) is 4.30. The van der Waals surface area contributed by atoms with E-state index in [-0.39, 0.29) is 11.7 Å². The lowest BCUT2D eigenvalue weighted by molar-refractivity contribution is 0.102. The van der Waals surface area contributed by atoms with Crippen LogP contribution in [0.4, 0.5) is 5.69 Å². The number of hydrogen-bond donors (Lipinski definition) is 1. The predicted octanol–water partition coefficient (Wildman–Crippen LogP) is 4.35. The van der Waals surface area contributed by atoms with Crippen molar-refractivity contribution >= 4 is 28.7 Å². The molecule has 0 fully saturated rings. The maximum absolute atomic E-state index is 13.0. The van der Waals surface area contributed by atoms with Gasteiger partial charge in [-0.3, -0.25) is 14.3 Å². The molecule has 2 heterocycles. The number of fused-ring (bicyclic) bond motifs is 3. The average Bonchev–Trinajstić information content (AvgIpc) is 3.46. The lowest BCUT2D eigenvalue weighted by atomic mass is 9.99. The molecule has 2 aromatic heterocycles. The van der Waals surface area contributed by atoms with Gasteiger partial charge in [-0.25, -0.2) is 4.98 Å². The number of anilines is 1. The van der Waals surface area contributed by atoms with Crippen molar-refractivity contribution in [2.24, 2.45) is 0 Å². The molecule has 0 unspecified atom stereocenters. The molecule has 0 saturated heterocycles. The van der Waals surface area contributed by atoms with E-state index < -0.39 is 0 Å². The molecule has 0 aliphatic heterocycles. The fourth-order valence-electron chi connectivity index (χ4n) is 3.80. The van der Waals surface area contributed by atoms with Crippen LogP contribution in [0, 0.1) is 6.92 Å². The number of aryl methyl sites for hydroxylation is 3. The highest BCUT2D eigenvalue weighted by molar-refractivity contribution is 7.09. The Morgan fingerprint density at radius 2 is 1.90 bits per heavy atom. The summed E-state index contributed by atoms with van der Waals surface area (Å²) in [6.45, 7) is 2.71. The van der Waals surface area contributed by atoms with Crippen LogP contribution in [-0.2, 0) is 13.0 Å². The summed E-state index contributed by atoms with van der Waals surface area (Å²) in [5, 5.41) is 7.26. The monoisotopic (exact) mass is 414 g/mol. The van der Waals surface area contributed by atoms with Crippen LogP contribution >= 0.6 is 11.3 Å². The number of hydrogen-bond acceptors (Lipinski definition) is 5. The molecule has 0 spiro atoms. The highest BCUT2D eigenvalue weighted by Gasteiger charge is 2.30. The van der Waals surface area contributed by atoms with Gasteiger partial charge in [0.1, 0.15) is 0 Å². The molecule has 5 rings (SSSR count). The Morgan fingerprint density at radius 1 is 1.10 bits per heavy atom. The SMILES string of the molecule is Cc1ncsc1CCn1cc(NC(=O)c2cccc3c2-c2ccccc2C3=O)cn1. The van der Waals surface area contributed by atoms with E-state index in [1.54, 1.807) is 41.8 Å². The molecule has 2 aromatic carbocycles. The van der Waals surface area contributed by atoms with E-state index in [0.717, 1.165) is 17.7 Å². The molecule has 1 amide bonds. The van der Waals surface area contributed by atoms with Crippen LogP contribution in [0.5, 0.6) is 0 Å². The van der Waals surface area contributed by atoms with Gasteiger partial charge < -0.3 is 5.32 Å². The van der Waals surface area contributed by atoms with Crippen molar-refractivity contribution in [2.45, 2.75) is 19.9 Å². The van der Waals surface area contributed by atoms with Crippen molar-refractivity contribution in [3.8, 4) is 11.1 Å². The van der Waals surface area contributed by atoms with Gasteiger partial charge in [-0.2, -0.15) is 5.10 Å². The van der Waals surface area contributed by atoms with E-state index >= 15 is 0 Å². The zero-order valence-electron chi connectivity index (χ0n) is 16.3.